The molecule has 4 rings (SSSR count). The lowest BCUT2D eigenvalue weighted by Crippen LogP contribution is -2.25. The van der Waals surface area contributed by atoms with E-state index in [1.165, 1.54) is 0 Å². The molecule has 0 radical (unpaired) electrons. The van der Waals surface area contributed by atoms with Crippen LogP contribution in [-0.4, -0.2) is 23.5 Å². The van der Waals surface area contributed by atoms with E-state index in [0.717, 1.165) is 16.5 Å². The maximum absolute atomic E-state index is 13.4. The van der Waals surface area contributed by atoms with Gasteiger partial charge in [-0.2, -0.15) is 0 Å². The fraction of sp³-hybridized carbons (Fsp3) is 0.154. The number of benzene rings is 3. The monoisotopic (exact) mass is 480 g/mol. The van der Waals surface area contributed by atoms with Crippen molar-refractivity contribution in [2.75, 3.05) is 7.11 Å². The minimum absolute atomic E-state index is 0.129. The summed E-state index contributed by atoms with van der Waals surface area (Å²) in [5, 5.41) is 4.95. The highest BCUT2D eigenvalue weighted by Crippen LogP contribution is 2.31. The van der Waals surface area contributed by atoms with Crippen molar-refractivity contribution in [1.29, 1.82) is 0 Å². The number of ether oxygens (including phenoxy) is 1. The Morgan fingerprint density at radius 3 is 2.21 bits per heavy atom. The van der Waals surface area contributed by atoms with Gasteiger partial charge in [0.15, 0.2) is 0 Å². The van der Waals surface area contributed by atoms with Crippen LogP contribution in [0.2, 0.25) is 10.0 Å². The highest BCUT2D eigenvalue weighted by molar-refractivity contribution is 6.30. The molecule has 1 N–H and O–H groups in total. The fourth-order valence-electron chi connectivity index (χ4n) is 3.82. The molecule has 0 saturated carbocycles. The molecule has 7 heteroatoms. The van der Waals surface area contributed by atoms with Crippen molar-refractivity contribution < 1.29 is 14.3 Å². The van der Waals surface area contributed by atoms with E-state index < -0.39 is 0 Å². The van der Waals surface area contributed by atoms with Gasteiger partial charge in [-0.3, -0.25) is 14.2 Å². The first-order chi connectivity index (χ1) is 15.9. The summed E-state index contributed by atoms with van der Waals surface area (Å²) in [6, 6.07) is 19.6. The number of nitrogens with one attached hydrogen (secondary N) is 1. The Hall–Kier alpha value is -3.28. The van der Waals surface area contributed by atoms with Gasteiger partial charge in [0.05, 0.1) is 19.0 Å². The van der Waals surface area contributed by atoms with Crippen molar-refractivity contribution in [2.24, 2.45) is 0 Å². The number of rotatable bonds is 6. The number of nitrogens with zero attached hydrogens (tertiary/aromatic N) is 1. The van der Waals surface area contributed by atoms with Crippen molar-refractivity contribution in [3.63, 3.8) is 0 Å². The summed E-state index contributed by atoms with van der Waals surface area (Å²) in [7, 11) is 1.59. The first kappa shape index (κ1) is 22.9. The molecule has 0 aliphatic rings. The van der Waals surface area contributed by atoms with Crippen LogP contribution >= 0.6 is 23.2 Å². The summed E-state index contributed by atoms with van der Waals surface area (Å²) in [4.78, 5) is 26.2. The van der Waals surface area contributed by atoms with E-state index in [4.69, 9.17) is 27.9 Å². The summed E-state index contributed by atoms with van der Waals surface area (Å²) in [6.07, 6.45) is 0.129. The van der Waals surface area contributed by atoms with E-state index in [-0.39, 0.29) is 18.2 Å². The zero-order chi connectivity index (χ0) is 23.5. The molecule has 0 atom stereocenters. The molecule has 0 aliphatic heterocycles. The first-order valence-electron chi connectivity index (χ1n) is 10.4. The number of carbonyl (C=O) groups is 2. The molecule has 33 heavy (non-hydrogen) atoms. The molecule has 168 valence electrons. The first-order valence-corrected chi connectivity index (χ1v) is 11.1. The number of hydrogen-bond donors (Lipinski definition) is 1. The number of methoxy groups -OCH3 is 1. The second-order valence-corrected chi connectivity index (χ2v) is 8.55. The van der Waals surface area contributed by atoms with Crippen LogP contribution in [0.5, 0.6) is 5.75 Å². The highest BCUT2D eigenvalue weighted by atomic mass is 35.5. The molecule has 4 aromatic rings. The van der Waals surface area contributed by atoms with Crippen LogP contribution in [0.25, 0.3) is 10.9 Å². The normalized spacial score (nSPS) is 10.9. The summed E-state index contributed by atoms with van der Waals surface area (Å²) in [6.45, 7) is 2.24. The van der Waals surface area contributed by atoms with Crippen LogP contribution < -0.4 is 10.1 Å². The van der Waals surface area contributed by atoms with Crippen LogP contribution in [0.15, 0.2) is 66.7 Å². The van der Waals surface area contributed by atoms with Gasteiger partial charge in [0, 0.05) is 33.2 Å². The molecule has 5 nitrogen and oxygen atoms in total. The molecule has 0 unspecified atom stereocenters. The van der Waals surface area contributed by atoms with Crippen LogP contribution in [-0.2, 0) is 17.8 Å². The van der Waals surface area contributed by atoms with Gasteiger partial charge in [0.2, 0.25) is 5.91 Å². The van der Waals surface area contributed by atoms with Gasteiger partial charge < -0.3 is 10.1 Å². The van der Waals surface area contributed by atoms with Gasteiger partial charge in [-0.1, -0.05) is 35.3 Å². The molecule has 0 fully saturated rings. The summed E-state index contributed by atoms with van der Waals surface area (Å²) >= 11 is 11.9. The van der Waals surface area contributed by atoms with E-state index in [0.29, 0.717) is 39.1 Å². The summed E-state index contributed by atoms with van der Waals surface area (Å²) in [5.74, 6) is 0.322. The lowest BCUT2D eigenvalue weighted by Gasteiger charge is -2.08. The molecule has 0 bridgehead atoms. The smallest absolute Gasteiger partial charge is 0.262 e. The number of aromatic nitrogens is 1. The van der Waals surface area contributed by atoms with Crippen molar-refractivity contribution in [1.82, 2.24) is 9.88 Å². The third-order valence-corrected chi connectivity index (χ3v) is 6.08. The topological polar surface area (TPSA) is 60.3 Å². The Morgan fingerprint density at radius 1 is 0.939 bits per heavy atom. The Kier molecular flexibility index (Phi) is 6.72. The van der Waals surface area contributed by atoms with Crippen molar-refractivity contribution >= 4 is 45.9 Å². The van der Waals surface area contributed by atoms with Crippen molar-refractivity contribution in [3.8, 4) is 5.75 Å². The molecule has 3 aromatic carbocycles. The summed E-state index contributed by atoms with van der Waals surface area (Å²) in [5.41, 5.74) is 3.66. The second-order valence-electron chi connectivity index (χ2n) is 7.67. The third kappa shape index (κ3) is 4.90. The summed E-state index contributed by atoms with van der Waals surface area (Å²) < 4.78 is 7.02. The van der Waals surface area contributed by atoms with Crippen LogP contribution in [0.1, 0.15) is 27.2 Å². The van der Waals surface area contributed by atoms with Gasteiger partial charge in [-0.05, 0) is 72.6 Å². The molecule has 0 aliphatic carbocycles. The Balaban J connectivity index is 1.67. The van der Waals surface area contributed by atoms with Gasteiger partial charge >= 0.3 is 0 Å². The third-order valence-electron chi connectivity index (χ3n) is 5.58. The fourth-order valence-corrected chi connectivity index (χ4v) is 4.07. The van der Waals surface area contributed by atoms with E-state index in [9.17, 15) is 9.59 Å². The predicted molar refractivity (Wildman–Crippen MR) is 131 cm³/mol. The molecular weight excluding hydrogens is 459 g/mol. The molecule has 1 aromatic heterocycles. The van der Waals surface area contributed by atoms with Crippen molar-refractivity contribution in [3.05, 3.63) is 99.2 Å². The number of hydrogen-bond acceptors (Lipinski definition) is 3. The largest absolute Gasteiger partial charge is 0.497 e. The molecule has 1 amide bonds. The standard InChI is InChI=1S/C26H22Cl2N2O3/c1-16-22(14-25(31)29-15-17-3-7-19(27)8-4-17)23-13-21(33-2)11-12-24(23)30(16)26(32)18-5-9-20(28)10-6-18/h3-13H,14-15H2,1-2H3,(H,29,31). The maximum Gasteiger partial charge on any atom is 0.262 e. The average molecular weight is 481 g/mol. The Morgan fingerprint density at radius 2 is 1.58 bits per heavy atom. The van der Waals surface area contributed by atoms with E-state index in [2.05, 4.69) is 5.32 Å². The maximum atomic E-state index is 13.4. The van der Waals surface area contributed by atoms with Crippen LogP contribution in [0.4, 0.5) is 0 Å². The average Bonchev–Trinajstić information content (AvgIpc) is 3.09. The Bertz CT molecular complexity index is 1330. The predicted octanol–water partition coefficient (Wildman–Crippen LogP) is 5.81. The quantitative estimate of drug-likeness (QED) is 0.378. The van der Waals surface area contributed by atoms with Gasteiger partial charge in [-0.25, -0.2) is 0 Å². The zero-order valence-electron chi connectivity index (χ0n) is 18.2. The second kappa shape index (κ2) is 9.69. The van der Waals surface area contributed by atoms with Gasteiger partial charge in [0.1, 0.15) is 5.75 Å². The minimum Gasteiger partial charge on any atom is -0.497 e. The van der Waals surface area contributed by atoms with Crippen LogP contribution in [0.3, 0.4) is 0 Å². The number of carbonyl (C=O) groups excluding carboxylic acids is 2. The SMILES string of the molecule is COc1ccc2c(c1)c(CC(=O)NCc1ccc(Cl)cc1)c(C)n2C(=O)c1ccc(Cl)cc1. The van der Waals surface area contributed by atoms with Crippen LogP contribution in [0, 0.1) is 6.92 Å². The van der Waals surface area contributed by atoms with Gasteiger partial charge in [0.25, 0.3) is 5.91 Å². The molecule has 0 saturated heterocycles. The number of fused-ring (bicyclic) bond motifs is 1. The Labute approximate surface area is 201 Å². The van der Waals surface area contributed by atoms with Crippen molar-refractivity contribution in [2.45, 2.75) is 19.9 Å². The van der Waals surface area contributed by atoms with E-state index in [1.54, 1.807) is 54.1 Å². The minimum atomic E-state index is -0.188. The zero-order valence-corrected chi connectivity index (χ0v) is 19.7. The number of amides is 1. The lowest BCUT2D eigenvalue weighted by atomic mass is 10.1. The number of halogens is 2. The molecule has 0 spiro atoms. The lowest BCUT2D eigenvalue weighted by molar-refractivity contribution is -0.120. The van der Waals surface area contributed by atoms with E-state index in [1.807, 2.05) is 31.2 Å². The van der Waals surface area contributed by atoms with Gasteiger partial charge in [-0.15, -0.1) is 0 Å². The molecular formula is C26H22Cl2N2O3. The highest BCUT2D eigenvalue weighted by Gasteiger charge is 2.22. The molecule has 1 heterocycles. The van der Waals surface area contributed by atoms with E-state index >= 15 is 0 Å².